The summed E-state index contributed by atoms with van der Waals surface area (Å²) in [5.74, 6) is -0.0384. The third-order valence-corrected chi connectivity index (χ3v) is 5.47. The first-order valence-corrected chi connectivity index (χ1v) is 9.66. The van der Waals surface area contributed by atoms with Crippen LogP contribution >= 0.6 is 12.2 Å². The van der Waals surface area contributed by atoms with Gasteiger partial charge in [0.25, 0.3) is 5.91 Å². The largest absolute Gasteiger partial charge is 0.279 e. The van der Waals surface area contributed by atoms with E-state index in [0.717, 1.165) is 29.9 Å². The van der Waals surface area contributed by atoms with E-state index in [0.29, 0.717) is 4.77 Å². The van der Waals surface area contributed by atoms with Crippen molar-refractivity contribution >= 4 is 35.1 Å². The lowest BCUT2D eigenvalue weighted by atomic mass is 10.0. The summed E-state index contributed by atoms with van der Waals surface area (Å²) in [6, 6.07) is 21.9. The Morgan fingerprint density at radius 1 is 0.893 bits per heavy atom. The van der Waals surface area contributed by atoms with Crippen LogP contribution in [0.25, 0.3) is 5.65 Å². The molecule has 5 rings (SSSR count). The fraction of sp³-hybridized carbons (Fsp3) is 0.136. The highest BCUT2D eigenvalue weighted by atomic mass is 32.1. The summed E-state index contributed by atoms with van der Waals surface area (Å²) in [7, 11) is 0. The summed E-state index contributed by atoms with van der Waals surface area (Å²) in [6.07, 6.45) is 3.69. The SMILES string of the molecule is O=C(Cn1c(=S)nc2ccccn21)N1c2ccccc2CCc2ccccc21. The predicted octanol–water partition coefficient (Wildman–Crippen LogP) is 4.33. The van der Waals surface area contributed by atoms with Gasteiger partial charge in [-0.25, -0.2) is 9.20 Å². The lowest BCUT2D eigenvalue weighted by molar-refractivity contribution is -0.118. The second kappa shape index (κ2) is 6.73. The van der Waals surface area contributed by atoms with Gasteiger partial charge in [-0.3, -0.25) is 9.69 Å². The zero-order valence-corrected chi connectivity index (χ0v) is 16.0. The van der Waals surface area contributed by atoms with Crippen LogP contribution in [-0.4, -0.2) is 20.1 Å². The number of nitrogens with zero attached hydrogens (tertiary/aromatic N) is 4. The molecule has 0 aliphatic carbocycles. The molecule has 0 radical (unpaired) electrons. The molecule has 6 heteroatoms. The lowest BCUT2D eigenvalue weighted by Crippen LogP contribution is -2.31. The number of carbonyl (C=O) groups excluding carboxylic acids is 1. The number of fused-ring (bicyclic) bond motifs is 3. The molecule has 2 aromatic carbocycles. The molecule has 0 atom stereocenters. The standard InChI is InChI=1S/C22H18N4OS/c27-21(15-25-22(28)23-20-11-5-6-14-24(20)25)26-18-9-3-1-7-16(18)12-13-17-8-2-4-10-19(17)26/h1-11,14H,12-13,15H2. The average Bonchev–Trinajstić information content (AvgIpc) is 2.93. The van der Waals surface area contributed by atoms with Crippen molar-refractivity contribution in [1.82, 2.24) is 14.2 Å². The number of aryl methyl sites for hydroxylation is 2. The molecule has 1 aliphatic heterocycles. The summed E-state index contributed by atoms with van der Waals surface area (Å²) >= 11 is 5.42. The number of hydrogen-bond donors (Lipinski definition) is 0. The molecule has 0 saturated heterocycles. The Bertz CT molecular complexity index is 1210. The van der Waals surface area contributed by atoms with Crippen molar-refractivity contribution in [3.63, 3.8) is 0 Å². The van der Waals surface area contributed by atoms with Gasteiger partial charge in [-0.1, -0.05) is 42.5 Å². The van der Waals surface area contributed by atoms with Crippen molar-refractivity contribution in [3.8, 4) is 0 Å². The first-order chi connectivity index (χ1) is 13.7. The summed E-state index contributed by atoms with van der Waals surface area (Å²) in [6.45, 7) is 0.118. The Morgan fingerprint density at radius 2 is 1.50 bits per heavy atom. The van der Waals surface area contributed by atoms with Gasteiger partial charge >= 0.3 is 0 Å². The number of carbonyl (C=O) groups is 1. The maximum absolute atomic E-state index is 13.6. The maximum Gasteiger partial charge on any atom is 0.253 e. The zero-order valence-electron chi connectivity index (χ0n) is 15.2. The monoisotopic (exact) mass is 386 g/mol. The highest BCUT2D eigenvalue weighted by Crippen LogP contribution is 2.36. The molecule has 1 amide bonds. The summed E-state index contributed by atoms with van der Waals surface area (Å²) < 4.78 is 3.97. The van der Waals surface area contributed by atoms with Gasteiger partial charge in [0.05, 0.1) is 11.4 Å². The molecule has 0 spiro atoms. The van der Waals surface area contributed by atoms with Gasteiger partial charge in [0.1, 0.15) is 6.54 Å². The molecule has 138 valence electrons. The van der Waals surface area contributed by atoms with E-state index in [9.17, 15) is 4.79 Å². The fourth-order valence-corrected chi connectivity index (χ4v) is 4.10. The van der Waals surface area contributed by atoms with Crippen molar-refractivity contribution in [2.45, 2.75) is 19.4 Å². The Balaban J connectivity index is 1.63. The van der Waals surface area contributed by atoms with Crippen LogP contribution in [0.15, 0.2) is 72.9 Å². The van der Waals surface area contributed by atoms with Crippen LogP contribution < -0.4 is 4.90 Å². The molecular formula is C22H18N4OS. The number of anilines is 2. The van der Waals surface area contributed by atoms with Crippen LogP contribution in [0.2, 0.25) is 0 Å². The Labute approximate surface area is 167 Å². The van der Waals surface area contributed by atoms with Crippen molar-refractivity contribution in [1.29, 1.82) is 0 Å². The third kappa shape index (κ3) is 2.73. The molecular weight excluding hydrogens is 368 g/mol. The molecule has 28 heavy (non-hydrogen) atoms. The zero-order chi connectivity index (χ0) is 19.1. The molecule has 0 bridgehead atoms. The normalized spacial score (nSPS) is 13.1. The van der Waals surface area contributed by atoms with E-state index in [1.165, 1.54) is 11.1 Å². The van der Waals surface area contributed by atoms with Crippen molar-refractivity contribution < 1.29 is 4.79 Å². The van der Waals surface area contributed by atoms with E-state index in [1.807, 2.05) is 70.2 Å². The number of rotatable bonds is 2. The highest BCUT2D eigenvalue weighted by Gasteiger charge is 2.26. The van der Waals surface area contributed by atoms with Gasteiger partial charge in [0.2, 0.25) is 4.77 Å². The molecule has 3 heterocycles. The van der Waals surface area contributed by atoms with Crippen molar-refractivity contribution in [3.05, 3.63) is 88.8 Å². The minimum atomic E-state index is -0.0384. The van der Waals surface area contributed by atoms with Crippen LogP contribution in [0.4, 0.5) is 11.4 Å². The average molecular weight is 386 g/mol. The maximum atomic E-state index is 13.6. The summed E-state index contributed by atoms with van der Waals surface area (Å²) in [5.41, 5.74) is 4.97. The molecule has 0 N–H and O–H groups in total. The van der Waals surface area contributed by atoms with E-state index in [1.54, 1.807) is 4.68 Å². The van der Waals surface area contributed by atoms with Gasteiger partial charge in [-0.2, -0.15) is 4.98 Å². The molecule has 0 saturated carbocycles. The van der Waals surface area contributed by atoms with E-state index in [4.69, 9.17) is 12.2 Å². The number of para-hydroxylation sites is 2. The summed E-state index contributed by atoms with van der Waals surface area (Å²) in [5, 5.41) is 0. The van der Waals surface area contributed by atoms with E-state index in [2.05, 4.69) is 17.1 Å². The molecule has 2 aromatic heterocycles. The Morgan fingerprint density at radius 3 is 2.18 bits per heavy atom. The van der Waals surface area contributed by atoms with Crippen molar-refractivity contribution in [2.75, 3.05) is 4.90 Å². The van der Waals surface area contributed by atoms with Crippen LogP contribution in [-0.2, 0) is 24.2 Å². The van der Waals surface area contributed by atoms with E-state index < -0.39 is 0 Å². The predicted molar refractivity (Wildman–Crippen MR) is 111 cm³/mol. The molecule has 5 nitrogen and oxygen atoms in total. The topological polar surface area (TPSA) is 42.5 Å². The smallest absolute Gasteiger partial charge is 0.253 e. The van der Waals surface area contributed by atoms with Gasteiger partial charge in [0, 0.05) is 6.20 Å². The second-order valence-corrected chi connectivity index (χ2v) is 7.21. The number of amides is 1. The summed E-state index contributed by atoms with van der Waals surface area (Å²) in [4.78, 5) is 19.8. The first-order valence-electron chi connectivity index (χ1n) is 9.25. The third-order valence-electron chi connectivity index (χ3n) is 5.17. The molecule has 4 aromatic rings. The van der Waals surface area contributed by atoms with E-state index in [-0.39, 0.29) is 12.5 Å². The first kappa shape index (κ1) is 16.9. The van der Waals surface area contributed by atoms with Gasteiger partial charge < -0.3 is 0 Å². The van der Waals surface area contributed by atoms with Crippen LogP contribution in [0.1, 0.15) is 11.1 Å². The molecule has 1 aliphatic rings. The van der Waals surface area contributed by atoms with Crippen LogP contribution in [0, 0.1) is 4.77 Å². The van der Waals surface area contributed by atoms with Crippen molar-refractivity contribution in [2.24, 2.45) is 0 Å². The fourth-order valence-electron chi connectivity index (χ4n) is 3.86. The number of hydrogen-bond acceptors (Lipinski definition) is 3. The minimum Gasteiger partial charge on any atom is -0.279 e. The quantitative estimate of drug-likeness (QED) is 0.482. The van der Waals surface area contributed by atoms with Gasteiger partial charge in [0.15, 0.2) is 5.65 Å². The van der Waals surface area contributed by atoms with Gasteiger partial charge in [-0.15, -0.1) is 0 Å². The Hall–Kier alpha value is -3.25. The van der Waals surface area contributed by atoms with Crippen LogP contribution in [0.3, 0.4) is 0 Å². The number of pyridine rings is 1. The second-order valence-electron chi connectivity index (χ2n) is 6.84. The van der Waals surface area contributed by atoms with E-state index >= 15 is 0 Å². The lowest BCUT2D eigenvalue weighted by Gasteiger charge is -2.25. The molecule has 0 unspecified atom stereocenters. The highest BCUT2D eigenvalue weighted by molar-refractivity contribution is 7.71. The minimum absolute atomic E-state index is 0.0384. The number of benzene rings is 2. The molecule has 0 fully saturated rings. The van der Waals surface area contributed by atoms with Crippen LogP contribution in [0.5, 0.6) is 0 Å². The Kier molecular flexibility index (Phi) is 4.06. The number of aromatic nitrogens is 3. The van der Waals surface area contributed by atoms with Gasteiger partial charge in [-0.05, 0) is 60.5 Å².